The van der Waals surface area contributed by atoms with E-state index in [1.165, 1.54) is 11.3 Å². The summed E-state index contributed by atoms with van der Waals surface area (Å²) in [6, 6.07) is 8.84. The number of nitrogens with zero attached hydrogens (tertiary/aromatic N) is 1. The molecule has 3 heteroatoms. The van der Waals surface area contributed by atoms with Gasteiger partial charge in [-0.25, -0.2) is 0 Å². The van der Waals surface area contributed by atoms with E-state index in [-0.39, 0.29) is 0 Å². The van der Waals surface area contributed by atoms with Crippen LogP contribution in [0.4, 0.5) is 5.69 Å². The van der Waals surface area contributed by atoms with Gasteiger partial charge in [-0.1, -0.05) is 0 Å². The molecule has 0 aliphatic rings. The van der Waals surface area contributed by atoms with Crippen LogP contribution in [0, 0.1) is 18.3 Å². The fourth-order valence-corrected chi connectivity index (χ4v) is 4.23. The number of rotatable bonds is 6. The Balaban J connectivity index is 2.49. The van der Waals surface area contributed by atoms with Crippen LogP contribution in [-0.4, -0.2) is 21.2 Å². The van der Waals surface area contributed by atoms with Gasteiger partial charge in [0.1, 0.15) is 0 Å². The molecule has 0 saturated heterocycles. The summed E-state index contributed by atoms with van der Waals surface area (Å²) in [6.45, 7) is 3.16. The van der Waals surface area contributed by atoms with Gasteiger partial charge >= 0.3 is 109 Å². The summed E-state index contributed by atoms with van der Waals surface area (Å²) < 4.78 is 1.56. The van der Waals surface area contributed by atoms with E-state index in [4.69, 9.17) is 5.26 Å². The van der Waals surface area contributed by atoms with Crippen LogP contribution in [-0.2, 0) is 0 Å². The van der Waals surface area contributed by atoms with Gasteiger partial charge in [-0.3, -0.25) is 0 Å². The molecule has 0 spiro atoms. The molecule has 0 heterocycles. The Morgan fingerprint density at radius 2 is 2.06 bits per heavy atom. The van der Waals surface area contributed by atoms with Crippen molar-refractivity contribution in [2.75, 3.05) is 11.9 Å². The number of nitrogens with one attached hydrogen (secondary N) is 1. The van der Waals surface area contributed by atoms with E-state index < -0.39 is 14.7 Å². The SMILES string of the molecule is Cc1ccc(NCCCCC#N)cc1[As](C)C. The molecule has 0 bridgehead atoms. The zero-order valence-corrected chi connectivity index (χ0v) is 12.8. The Hall–Kier alpha value is -0.932. The molecule has 92 valence electrons. The van der Waals surface area contributed by atoms with Crippen LogP contribution in [0.25, 0.3) is 0 Å². The molecular weight excluding hydrogens is 271 g/mol. The van der Waals surface area contributed by atoms with Gasteiger partial charge in [-0.2, -0.15) is 0 Å². The van der Waals surface area contributed by atoms with Crippen molar-refractivity contribution in [1.82, 2.24) is 0 Å². The normalized spacial score (nSPS) is 10.3. The number of unbranched alkanes of at least 4 members (excludes halogenated alkanes) is 2. The monoisotopic (exact) mass is 292 g/mol. The fourth-order valence-electron chi connectivity index (χ4n) is 1.76. The van der Waals surface area contributed by atoms with Gasteiger partial charge in [-0.15, -0.1) is 0 Å². The molecule has 1 rings (SSSR count). The van der Waals surface area contributed by atoms with Gasteiger partial charge in [0.15, 0.2) is 0 Å². The maximum atomic E-state index is 8.45. The molecule has 0 aliphatic carbocycles. The van der Waals surface area contributed by atoms with E-state index in [0.29, 0.717) is 6.42 Å². The molecule has 1 aromatic carbocycles. The zero-order valence-electron chi connectivity index (χ0n) is 11.0. The van der Waals surface area contributed by atoms with Gasteiger partial charge < -0.3 is 0 Å². The standard InChI is InChI=1S/C14H21AsN2/c1-12-7-8-13(11-14(12)15(2)3)17-10-6-4-5-9-16/h7-8,11,17H,4-6,10H2,1-3H3. The number of hydrogen-bond donors (Lipinski definition) is 1. The first-order valence-electron chi connectivity index (χ1n) is 6.04. The number of hydrogen-bond acceptors (Lipinski definition) is 2. The van der Waals surface area contributed by atoms with Gasteiger partial charge in [0.05, 0.1) is 0 Å². The number of nitriles is 1. The summed E-state index contributed by atoms with van der Waals surface area (Å²) in [7, 11) is 0. The van der Waals surface area contributed by atoms with E-state index in [1.807, 2.05) is 0 Å². The minimum absolute atomic E-state index is 0.667. The molecule has 0 amide bonds. The molecular formula is C14H21AsN2. The Bertz CT molecular complexity index is 394. The first-order valence-corrected chi connectivity index (χ1v) is 10.7. The second-order valence-corrected chi connectivity index (χ2v) is 9.20. The van der Waals surface area contributed by atoms with Crippen molar-refractivity contribution >= 4 is 24.7 Å². The first kappa shape index (κ1) is 14.1. The first-order chi connectivity index (χ1) is 8.15. The molecule has 0 atom stereocenters. The van der Waals surface area contributed by atoms with Crippen molar-refractivity contribution in [3.05, 3.63) is 23.8 Å². The van der Waals surface area contributed by atoms with Crippen LogP contribution in [0.3, 0.4) is 0 Å². The third kappa shape index (κ3) is 4.84. The van der Waals surface area contributed by atoms with E-state index in [1.54, 1.807) is 4.35 Å². The van der Waals surface area contributed by atoms with E-state index in [2.05, 4.69) is 47.9 Å². The molecule has 1 aromatic rings. The fraction of sp³-hybridized carbons (Fsp3) is 0.500. The predicted octanol–water partition coefficient (Wildman–Crippen LogP) is 3.06. The van der Waals surface area contributed by atoms with Crippen LogP contribution in [0.5, 0.6) is 0 Å². The van der Waals surface area contributed by atoms with Crippen LogP contribution in [0.1, 0.15) is 24.8 Å². The average molecular weight is 292 g/mol. The summed E-state index contributed by atoms with van der Waals surface area (Å²) in [6.07, 6.45) is 2.72. The van der Waals surface area contributed by atoms with Crippen molar-refractivity contribution in [1.29, 1.82) is 5.26 Å². The van der Waals surface area contributed by atoms with Crippen molar-refractivity contribution in [3.8, 4) is 6.07 Å². The molecule has 17 heavy (non-hydrogen) atoms. The van der Waals surface area contributed by atoms with Gasteiger partial charge in [0, 0.05) is 0 Å². The van der Waals surface area contributed by atoms with Crippen molar-refractivity contribution in [2.45, 2.75) is 37.6 Å². The molecule has 0 radical (unpaired) electrons. The molecule has 2 nitrogen and oxygen atoms in total. The Kier molecular flexibility index (Phi) is 6.16. The van der Waals surface area contributed by atoms with Crippen LogP contribution in [0.15, 0.2) is 18.2 Å². The molecule has 0 unspecified atom stereocenters. The zero-order chi connectivity index (χ0) is 12.7. The summed E-state index contributed by atoms with van der Waals surface area (Å²) >= 11 is -0.796. The van der Waals surface area contributed by atoms with Crippen molar-refractivity contribution < 1.29 is 0 Å². The van der Waals surface area contributed by atoms with E-state index >= 15 is 0 Å². The molecule has 0 aliphatic heterocycles. The molecule has 0 fully saturated rings. The predicted molar refractivity (Wildman–Crippen MR) is 76.2 cm³/mol. The van der Waals surface area contributed by atoms with Gasteiger partial charge in [0.2, 0.25) is 0 Å². The Morgan fingerprint density at radius 1 is 1.29 bits per heavy atom. The van der Waals surface area contributed by atoms with Gasteiger partial charge in [0.25, 0.3) is 0 Å². The summed E-state index contributed by atoms with van der Waals surface area (Å²) in [5.41, 5.74) is 7.38. The van der Waals surface area contributed by atoms with Gasteiger partial charge in [-0.05, 0) is 0 Å². The minimum atomic E-state index is -0.796. The van der Waals surface area contributed by atoms with Crippen LogP contribution in [0.2, 0.25) is 11.4 Å². The number of anilines is 1. The summed E-state index contributed by atoms with van der Waals surface area (Å²) in [4.78, 5) is 0. The summed E-state index contributed by atoms with van der Waals surface area (Å²) in [5, 5.41) is 11.9. The van der Waals surface area contributed by atoms with Crippen LogP contribution < -0.4 is 9.67 Å². The topological polar surface area (TPSA) is 35.8 Å². The maximum absolute atomic E-state index is 8.45. The summed E-state index contributed by atoms with van der Waals surface area (Å²) in [5.74, 6) is 0. The van der Waals surface area contributed by atoms with Crippen LogP contribution >= 0.6 is 0 Å². The molecule has 1 N–H and O–H groups in total. The molecule has 0 saturated carbocycles. The second-order valence-electron chi connectivity index (χ2n) is 4.44. The van der Waals surface area contributed by atoms with Crippen molar-refractivity contribution in [2.24, 2.45) is 0 Å². The third-order valence-electron chi connectivity index (χ3n) is 2.74. The Morgan fingerprint density at radius 3 is 2.71 bits per heavy atom. The van der Waals surface area contributed by atoms with E-state index in [9.17, 15) is 0 Å². The average Bonchev–Trinajstić information content (AvgIpc) is 2.30. The molecule has 0 aromatic heterocycles. The van der Waals surface area contributed by atoms with Crippen molar-refractivity contribution in [3.63, 3.8) is 0 Å². The van der Waals surface area contributed by atoms with E-state index in [0.717, 1.165) is 19.4 Å². The Labute approximate surface area is 109 Å². The number of benzene rings is 1. The number of aryl methyl sites for hydroxylation is 1. The second kappa shape index (κ2) is 7.41. The third-order valence-corrected chi connectivity index (χ3v) is 5.77. The quantitative estimate of drug-likeness (QED) is 0.646.